The first-order valence-corrected chi connectivity index (χ1v) is 11.9. The monoisotopic (exact) mass is 478 g/mol. The quantitative estimate of drug-likeness (QED) is 0.494. The molecule has 1 saturated carbocycles. The minimum atomic E-state index is -0.146. The van der Waals surface area contributed by atoms with Crippen LogP contribution in [0.4, 0.5) is 11.5 Å². The number of rotatable bonds is 8. The van der Waals surface area contributed by atoms with E-state index in [0.29, 0.717) is 28.9 Å². The number of carbonyl (C=O) groups is 1. The van der Waals surface area contributed by atoms with Crippen molar-refractivity contribution in [2.75, 3.05) is 45.6 Å². The number of aromatic nitrogens is 1. The molecule has 8 heteroatoms. The van der Waals surface area contributed by atoms with E-state index in [4.69, 9.17) is 19.2 Å². The zero-order valence-corrected chi connectivity index (χ0v) is 21.1. The van der Waals surface area contributed by atoms with Gasteiger partial charge in [-0.15, -0.1) is 0 Å². The highest BCUT2D eigenvalue weighted by Gasteiger charge is 2.25. The molecule has 2 aromatic carbocycles. The molecule has 1 aromatic heterocycles. The normalized spacial score (nSPS) is 17.5. The van der Waals surface area contributed by atoms with E-state index in [1.165, 1.54) is 0 Å². The van der Waals surface area contributed by atoms with Gasteiger partial charge >= 0.3 is 0 Å². The number of fused-ring (bicyclic) bond motifs is 1. The first-order chi connectivity index (χ1) is 16.9. The number of para-hydroxylation sites is 1. The predicted octanol–water partition coefficient (Wildman–Crippen LogP) is 4.48. The number of nitrogens with zero attached hydrogens (tertiary/aromatic N) is 2. The van der Waals surface area contributed by atoms with Crippen LogP contribution in [0.25, 0.3) is 10.9 Å². The van der Waals surface area contributed by atoms with Crippen molar-refractivity contribution in [3.63, 3.8) is 0 Å². The molecular formula is C27H34N4O4. The molecule has 8 nitrogen and oxygen atoms in total. The van der Waals surface area contributed by atoms with Crippen LogP contribution in [0.3, 0.4) is 0 Å². The van der Waals surface area contributed by atoms with Crippen molar-refractivity contribution in [2.45, 2.75) is 37.8 Å². The topological polar surface area (TPSA) is 85.0 Å². The lowest BCUT2D eigenvalue weighted by Crippen LogP contribution is -2.40. The number of ether oxygens (including phenoxy) is 3. The highest BCUT2D eigenvalue weighted by Crippen LogP contribution is 2.38. The van der Waals surface area contributed by atoms with Crippen LogP contribution in [-0.2, 0) is 0 Å². The molecule has 186 valence electrons. The molecule has 1 fully saturated rings. The second-order valence-corrected chi connectivity index (χ2v) is 9.02. The SMILES string of the molecule is COc1cc(C(=O)NC2CCC(Nc3cc(N(C)C)c4ccccc4n3)CC2)cc(OC)c1OC. The Kier molecular flexibility index (Phi) is 7.48. The zero-order valence-electron chi connectivity index (χ0n) is 21.1. The lowest BCUT2D eigenvalue weighted by atomic mass is 9.91. The van der Waals surface area contributed by atoms with Crippen molar-refractivity contribution in [1.82, 2.24) is 10.3 Å². The van der Waals surface area contributed by atoms with Crippen LogP contribution in [0.2, 0.25) is 0 Å². The smallest absolute Gasteiger partial charge is 0.251 e. The van der Waals surface area contributed by atoms with E-state index in [9.17, 15) is 4.79 Å². The summed E-state index contributed by atoms with van der Waals surface area (Å²) in [5, 5.41) is 7.93. The maximum absolute atomic E-state index is 13.0. The number of pyridine rings is 1. The summed E-state index contributed by atoms with van der Waals surface area (Å²) in [4.78, 5) is 19.9. The molecule has 35 heavy (non-hydrogen) atoms. The van der Waals surface area contributed by atoms with Crippen molar-refractivity contribution in [2.24, 2.45) is 0 Å². The fourth-order valence-corrected chi connectivity index (χ4v) is 4.67. The molecule has 0 spiro atoms. The Bertz CT molecular complexity index is 1160. The highest BCUT2D eigenvalue weighted by molar-refractivity contribution is 5.96. The third-order valence-electron chi connectivity index (χ3n) is 6.52. The van der Waals surface area contributed by atoms with Crippen LogP contribution in [0.1, 0.15) is 36.0 Å². The van der Waals surface area contributed by atoms with Gasteiger partial charge in [0.1, 0.15) is 5.82 Å². The molecule has 1 aliphatic rings. The molecule has 2 N–H and O–H groups in total. The van der Waals surface area contributed by atoms with Gasteiger partial charge in [0.2, 0.25) is 5.75 Å². The van der Waals surface area contributed by atoms with Crippen molar-refractivity contribution in [3.8, 4) is 17.2 Å². The molecular weight excluding hydrogens is 444 g/mol. The third kappa shape index (κ3) is 5.37. The van der Waals surface area contributed by atoms with Gasteiger partial charge in [0.05, 0.1) is 26.8 Å². The van der Waals surface area contributed by atoms with E-state index in [1.54, 1.807) is 33.5 Å². The van der Waals surface area contributed by atoms with Crippen molar-refractivity contribution < 1.29 is 19.0 Å². The van der Waals surface area contributed by atoms with Crippen LogP contribution >= 0.6 is 0 Å². The van der Waals surface area contributed by atoms with Gasteiger partial charge in [-0.3, -0.25) is 4.79 Å². The Hall–Kier alpha value is -3.68. The summed E-state index contributed by atoms with van der Waals surface area (Å²) < 4.78 is 16.1. The number of amides is 1. The van der Waals surface area contributed by atoms with Crippen molar-refractivity contribution in [1.29, 1.82) is 0 Å². The van der Waals surface area contributed by atoms with Gasteiger partial charge in [0, 0.05) is 48.9 Å². The van der Waals surface area contributed by atoms with Crippen LogP contribution in [0, 0.1) is 0 Å². The van der Waals surface area contributed by atoms with Crippen LogP contribution in [0.5, 0.6) is 17.2 Å². The third-order valence-corrected chi connectivity index (χ3v) is 6.52. The minimum Gasteiger partial charge on any atom is -0.493 e. The lowest BCUT2D eigenvalue weighted by molar-refractivity contribution is 0.0925. The van der Waals surface area contributed by atoms with Gasteiger partial charge in [0.15, 0.2) is 11.5 Å². The van der Waals surface area contributed by atoms with Gasteiger partial charge in [-0.2, -0.15) is 0 Å². The predicted molar refractivity (Wildman–Crippen MR) is 139 cm³/mol. The summed E-state index contributed by atoms with van der Waals surface area (Å²) in [5.74, 6) is 2.14. The minimum absolute atomic E-state index is 0.113. The summed E-state index contributed by atoms with van der Waals surface area (Å²) in [5.41, 5.74) is 2.60. The maximum Gasteiger partial charge on any atom is 0.251 e. The largest absolute Gasteiger partial charge is 0.493 e. The van der Waals surface area contributed by atoms with Crippen LogP contribution in [0.15, 0.2) is 42.5 Å². The number of hydrogen-bond acceptors (Lipinski definition) is 7. The Labute approximate surface area is 206 Å². The first kappa shape index (κ1) is 24.4. The van der Waals surface area contributed by atoms with Gasteiger partial charge in [-0.25, -0.2) is 4.98 Å². The number of hydrogen-bond donors (Lipinski definition) is 2. The Balaban J connectivity index is 1.39. The Morgan fingerprint density at radius 3 is 2.14 bits per heavy atom. The molecule has 1 amide bonds. The van der Waals surface area contributed by atoms with Crippen molar-refractivity contribution >= 4 is 28.3 Å². The second-order valence-electron chi connectivity index (χ2n) is 9.02. The summed E-state index contributed by atoms with van der Waals surface area (Å²) >= 11 is 0. The van der Waals surface area contributed by atoms with Crippen LogP contribution < -0.4 is 29.7 Å². The Morgan fingerprint density at radius 2 is 1.54 bits per heavy atom. The van der Waals surface area contributed by atoms with E-state index >= 15 is 0 Å². The van der Waals surface area contributed by atoms with E-state index in [0.717, 1.165) is 48.1 Å². The highest BCUT2D eigenvalue weighted by atomic mass is 16.5. The lowest BCUT2D eigenvalue weighted by Gasteiger charge is -2.30. The summed E-state index contributed by atoms with van der Waals surface area (Å²) in [7, 11) is 8.72. The molecule has 0 atom stereocenters. The zero-order chi connectivity index (χ0) is 24.9. The summed E-state index contributed by atoms with van der Waals surface area (Å²) in [6.07, 6.45) is 3.68. The standard InChI is InChI=1S/C27H34N4O4/c1-31(2)22-16-25(30-21-9-7-6-8-20(21)22)28-18-10-12-19(13-11-18)29-27(32)17-14-23(33-3)26(35-5)24(15-17)34-4/h6-9,14-16,18-19H,10-13H2,1-5H3,(H,28,30)(H,29,32). The molecule has 1 heterocycles. The molecule has 0 radical (unpaired) electrons. The molecule has 1 aliphatic carbocycles. The number of carbonyl (C=O) groups excluding carboxylic acids is 1. The average molecular weight is 479 g/mol. The van der Waals surface area contributed by atoms with E-state index in [1.807, 2.05) is 32.3 Å². The second kappa shape index (κ2) is 10.7. The van der Waals surface area contributed by atoms with Gasteiger partial charge in [-0.05, 0) is 43.9 Å². The molecule has 0 aliphatic heterocycles. The molecule has 4 rings (SSSR count). The van der Waals surface area contributed by atoms with Gasteiger partial charge < -0.3 is 29.7 Å². The van der Waals surface area contributed by atoms with E-state index in [2.05, 4.69) is 27.7 Å². The maximum atomic E-state index is 13.0. The molecule has 0 saturated heterocycles. The van der Waals surface area contributed by atoms with E-state index < -0.39 is 0 Å². The summed E-state index contributed by atoms with van der Waals surface area (Å²) in [6, 6.07) is 14.1. The van der Waals surface area contributed by atoms with Gasteiger partial charge in [0.25, 0.3) is 5.91 Å². The molecule has 0 bridgehead atoms. The fourth-order valence-electron chi connectivity index (χ4n) is 4.67. The number of benzene rings is 2. The first-order valence-electron chi connectivity index (χ1n) is 11.9. The molecule has 3 aromatic rings. The van der Waals surface area contributed by atoms with Gasteiger partial charge in [-0.1, -0.05) is 18.2 Å². The van der Waals surface area contributed by atoms with Crippen molar-refractivity contribution in [3.05, 3.63) is 48.0 Å². The number of nitrogens with one attached hydrogen (secondary N) is 2. The Morgan fingerprint density at radius 1 is 0.914 bits per heavy atom. The fraction of sp³-hybridized carbons (Fsp3) is 0.407. The van der Waals surface area contributed by atoms with Crippen LogP contribution in [-0.4, -0.2) is 58.4 Å². The number of anilines is 2. The number of methoxy groups -OCH3 is 3. The molecule has 0 unspecified atom stereocenters. The van der Waals surface area contributed by atoms with E-state index in [-0.39, 0.29) is 11.9 Å². The average Bonchev–Trinajstić information content (AvgIpc) is 2.88. The summed E-state index contributed by atoms with van der Waals surface area (Å²) in [6.45, 7) is 0.